The molecule has 2 N–H and O–H groups in total. The van der Waals surface area contributed by atoms with Crippen molar-refractivity contribution in [2.75, 3.05) is 18.4 Å². The summed E-state index contributed by atoms with van der Waals surface area (Å²) in [5.41, 5.74) is -0.334. The number of hydrogen-bond acceptors (Lipinski definition) is 3. The lowest BCUT2D eigenvalue weighted by Gasteiger charge is -2.25. The maximum atomic E-state index is 13.5. The van der Waals surface area contributed by atoms with Gasteiger partial charge in [0.2, 0.25) is 5.91 Å². The Kier molecular flexibility index (Phi) is 3.82. The first-order valence-electron chi connectivity index (χ1n) is 6.34. The number of carbonyl (C=O) groups excluding carboxylic acids is 1. The molecule has 1 amide bonds. The third kappa shape index (κ3) is 2.45. The fourth-order valence-electron chi connectivity index (χ4n) is 2.40. The maximum Gasteiger partial charge on any atom is 0.231 e. The summed E-state index contributed by atoms with van der Waals surface area (Å²) in [6.07, 6.45) is 1.47. The monoisotopic (exact) mass is 261 g/mol. The Bertz CT molecular complexity index is 530. The molecule has 1 atom stereocenters. The van der Waals surface area contributed by atoms with Crippen LogP contribution in [0.3, 0.4) is 0 Å². The van der Waals surface area contributed by atoms with Crippen molar-refractivity contribution in [2.24, 2.45) is 5.41 Å². The summed E-state index contributed by atoms with van der Waals surface area (Å²) in [5, 5.41) is 14.8. The molecular formula is C14H16FN3O. The van der Waals surface area contributed by atoms with Crippen molar-refractivity contribution >= 4 is 11.6 Å². The molecule has 1 fully saturated rings. The molecule has 0 radical (unpaired) electrons. The Morgan fingerprint density at radius 2 is 2.42 bits per heavy atom. The number of anilines is 1. The van der Waals surface area contributed by atoms with Crippen molar-refractivity contribution < 1.29 is 9.18 Å². The second-order valence-electron chi connectivity index (χ2n) is 4.79. The van der Waals surface area contributed by atoms with Gasteiger partial charge in [0, 0.05) is 6.54 Å². The van der Waals surface area contributed by atoms with E-state index in [0.29, 0.717) is 13.0 Å². The summed E-state index contributed by atoms with van der Waals surface area (Å²) in [5.74, 6) is -0.766. The van der Waals surface area contributed by atoms with Gasteiger partial charge in [-0.2, -0.15) is 5.26 Å². The van der Waals surface area contributed by atoms with E-state index in [9.17, 15) is 9.18 Å². The Hall–Kier alpha value is -1.93. The summed E-state index contributed by atoms with van der Waals surface area (Å²) in [6, 6.07) is 6.02. The second kappa shape index (κ2) is 5.37. The molecule has 19 heavy (non-hydrogen) atoms. The van der Waals surface area contributed by atoms with E-state index >= 15 is 0 Å². The second-order valence-corrected chi connectivity index (χ2v) is 4.79. The highest BCUT2D eigenvalue weighted by atomic mass is 19.1. The summed E-state index contributed by atoms with van der Waals surface area (Å²) < 4.78 is 13.5. The number of carbonyl (C=O) groups is 1. The van der Waals surface area contributed by atoms with Crippen LogP contribution >= 0.6 is 0 Å². The van der Waals surface area contributed by atoms with Gasteiger partial charge in [-0.15, -0.1) is 0 Å². The van der Waals surface area contributed by atoms with Crippen molar-refractivity contribution in [1.82, 2.24) is 5.32 Å². The molecule has 0 bridgehead atoms. The molecule has 0 aliphatic carbocycles. The molecule has 1 aliphatic rings. The number of nitrogens with one attached hydrogen (secondary N) is 2. The fourth-order valence-corrected chi connectivity index (χ4v) is 2.40. The van der Waals surface area contributed by atoms with Crippen LogP contribution in [0.2, 0.25) is 0 Å². The van der Waals surface area contributed by atoms with Crippen molar-refractivity contribution in [1.29, 1.82) is 5.26 Å². The highest BCUT2D eigenvalue weighted by Gasteiger charge is 2.39. The van der Waals surface area contributed by atoms with E-state index in [-0.39, 0.29) is 17.2 Å². The van der Waals surface area contributed by atoms with Crippen LogP contribution in [0.1, 0.15) is 25.3 Å². The quantitative estimate of drug-likeness (QED) is 0.875. The summed E-state index contributed by atoms with van der Waals surface area (Å²) in [4.78, 5) is 12.4. The molecule has 1 aromatic rings. The summed E-state index contributed by atoms with van der Waals surface area (Å²) in [6.45, 7) is 3.38. The normalized spacial score (nSPS) is 21.9. The lowest BCUT2D eigenvalue weighted by atomic mass is 9.83. The van der Waals surface area contributed by atoms with Crippen LogP contribution in [0.25, 0.3) is 0 Å². The zero-order valence-electron chi connectivity index (χ0n) is 10.8. The standard InChI is InChI=1S/C14H16FN3O/c1-2-14(6-7-17-9-14)13(19)18-12-5-3-4-11(15)10(12)8-16/h3-5,17H,2,6-7,9H2,1H3,(H,18,19). The largest absolute Gasteiger partial charge is 0.324 e. The summed E-state index contributed by atoms with van der Waals surface area (Å²) in [7, 11) is 0. The molecule has 4 nitrogen and oxygen atoms in total. The minimum absolute atomic E-state index is 0.118. The Balaban J connectivity index is 2.24. The lowest BCUT2D eigenvalue weighted by molar-refractivity contribution is -0.124. The third-order valence-electron chi connectivity index (χ3n) is 3.78. The highest BCUT2D eigenvalue weighted by Crippen LogP contribution is 2.31. The molecule has 1 saturated heterocycles. The van der Waals surface area contributed by atoms with Crippen molar-refractivity contribution in [2.45, 2.75) is 19.8 Å². The van der Waals surface area contributed by atoms with E-state index in [2.05, 4.69) is 10.6 Å². The Morgan fingerprint density at radius 1 is 1.63 bits per heavy atom. The zero-order chi connectivity index (χ0) is 13.9. The van der Waals surface area contributed by atoms with Crippen LogP contribution < -0.4 is 10.6 Å². The first-order valence-corrected chi connectivity index (χ1v) is 6.34. The molecule has 1 aromatic carbocycles. The minimum atomic E-state index is -0.615. The van der Waals surface area contributed by atoms with Crippen molar-refractivity contribution in [3.63, 3.8) is 0 Å². The summed E-state index contributed by atoms with van der Waals surface area (Å²) >= 11 is 0. The number of benzene rings is 1. The van der Waals surface area contributed by atoms with E-state index in [1.807, 2.05) is 6.92 Å². The molecule has 2 rings (SSSR count). The van der Waals surface area contributed by atoms with Crippen LogP contribution in [-0.4, -0.2) is 19.0 Å². The van der Waals surface area contributed by atoms with E-state index in [0.717, 1.165) is 13.0 Å². The minimum Gasteiger partial charge on any atom is -0.324 e. The molecule has 1 aliphatic heterocycles. The van der Waals surface area contributed by atoms with E-state index < -0.39 is 11.2 Å². The van der Waals surface area contributed by atoms with Gasteiger partial charge in [-0.1, -0.05) is 13.0 Å². The molecule has 0 spiro atoms. The van der Waals surface area contributed by atoms with Gasteiger partial charge in [0.25, 0.3) is 0 Å². The van der Waals surface area contributed by atoms with E-state index in [4.69, 9.17) is 5.26 Å². The van der Waals surface area contributed by atoms with Gasteiger partial charge in [0.15, 0.2) is 0 Å². The number of halogens is 1. The molecule has 5 heteroatoms. The first kappa shape index (κ1) is 13.5. The Labute approximate surface area is 111 Å². The Morgan fingerprint density at radius 3 is 3.00 bits per heavy atom. The van der Waals surface area contributed by atoms with Crippen LogP contribution in [0.5, 0.6) is 0 Å². The van der Waals surface area contributed by atoms with E-state index in [1.165, 1.54) is 12.1 Å². The maximum absolute atomic E-state index is 13.5. The van der Waals surface area contributed by atoms with Gasteiger partial charge in [-0.3, -0.25) is 4.79 Å². The van der Waals surface area contributed by atoms with Crippen molar-refractivity contribution in [3.05, 3.63) is 29.6 Å². The SMILES string of the molecule is CCC1(C(=O)Nc2cccc(F)c2C#N)CCNC1. The van der Waals surface area contributed by atoms with Gasteiger partial charge >= 0.3 is 0 Å². The molecular weight excluding hydrogens is 245 g/mol. The van der Waals surface area contributed by atoms with Gasteiger partial charge in [0.1, 0.15) is 17.4 Å². The lowest BCUT2D eigenvalue weighted by Crippen LogP contribution is -2.37. The smallest absolute Gasteiger partial charge is 0.231 e. The molecule has 1 heterocycles. The number of rotatable bonds is 3. The van der Waals surface area contributed by atoms with Crippen LogP contribution in [0.15, 0.2) is 18.2 Å². The number of amides is 1. The average molecular weight is 261 g/mol. The van der Waals surface area contributed by atoms with Crippen LogP contribution in [0, 0.1) is 22.6 Å². The van der Waals surface area contributed by atoms with Gasteiger partial charge in [0.05, 0.1) is 11.1 Å². The molecule has 0 saturated carbocycles. The molecule has 0 aromatic heterocycles. The average Bonchev–Trinajstić information content (AvgIpc) is 2.89. The van der Waals surface area contributed by atoms with Gasteiger partial charge < -0.3 is 10.6 Å². The number of nitrogens with zero attached hydrogens (tertiary/aromatic N) is 1. The van der Waals surface area contributed by atoms with Crippen LogP contribution in [0.4, 0.5) is 10.1 Å². The number of nitriles is 1. The predicted molar refractivity (Wildman–Crippen MR) is 70.0 cm³/mol. The van der Waals surface area contributed by atoms with E-state index in [1.54, 1.807) is 12.1 Å². The first-order chi connectivity index (χ1) is 9.13. The number of hydrogen-bond donors (Lipinski definition) is 2. The van der Waals surface area contributed by atoms with Gasteiger partial charge in [-0.05, 0) is 31.5 Å². The fraction of sp³-hybridized carbons (Fsp3) is 0.429. The molecule has 1 unspecified atom stereocenters. The topological polar surface area (TPSA) is 64.9 Å². The third-order valence-corrected chi connectivity index (χ3v) is 3.78. The predicted octanol–water partition coefficient (Wildman–Crippen LogP) is 2.03. The van der Waals surface area contributed by atoms with Gasteiger partial charge in [-0.25, -0.2) is 4.39 Å². The molecule has 100 valence electrons. The zero-order valence-corrected chi connectivity index (χ0v) is 10.8. The van der Waals surface area contributed by atoms with Crippen molar-refractivity contribution in [3.8, 4) is 6.07 Å². The van der Waals surface area contributed by atoms with Crippen LogP contribution in [-0.2, 0) is 4.79 Å². The highest BCUT2D eigenvalue weighted by molar-refractivity contribution is 5.96.